The van der Waals surface area contributed by atoms with Crippen molar-refractivity contribution in [3.05, 3.63) is 132 Å². The van der Waals surface area contributed by atoms with Crippen molar-refractivity contribution in [3.8, 4) is 0 Å². The summed E-state index contributed by atoms with van der Waals surface area (Å²) < 4.78 is 5.54. The molecule has 0 saturated heterocycles. The number of carbonyl (C=O) groups is 1. The van der Waals surface area contributed by atoms with Crippen LogP contribution in [0.1, 0.15) is 12.5 Å². The Labute approximate surface area is 213 Å². The minimum Gasteiger partial charge on any atom is -1.00 e. The number of carbonyl (C=O) groups excluding carboxylic acids is 1. The van der Waals surface area contributed by atoms with Crippen molar-refractivity contribution >= 4 is 35.2 Å². The molecule has 4 rings (SSSR count). The number of esters is 1. The molecule has 0 aliphatic heterocycles. The Balaban J connectivity index is 0.00000324. The molecule has 0 unspecified atom stereocenters. The molecule has 0 fully saturated rings. The first-order valence-corrected chi connectivity index (χ1v) is 13.2. The third-order valence-corrected chi connectivity index (χ3v) is 10.0. The highest BCUT2D eigenvalue weighted by Gasteiger charge is 2.47. The van der Waals surface area contributed by atoms with Gasteiger partial charge in [-0.25, -0.2) is 4.79 Å². The van der Waals surface area contributed by atoms with Crippen LogP contribution in [0.4, 0.5) is 0 Å². The zero-order chi connectivity index (χ0) is 22.9. The van der Waals surface area contributed by atoms with Gasteiger partial charge in [0.15, 0.2) is 0 Å². The summed E-state index contributed by atoms with van der Waals surface area (Å²) in [6, 6.07) is 41.8. The summed E-state index contributed by atoms with van der Waals surface area (Å²) in [5.74, 6) is -0.256. The van der Waals surface area contributed by atoms with Gasteiger partial charge in [-0.2, -0.15) is 0 Å². The highest BCUT2D eigenvalue weighted by atomic mass is 79.9. The SMILES string of the molecule is CCOC(=O)/C(C[P+](c1ccccc1)(c1ccccc1)c1ccccc1)=[13CH]/c1ccccc1.[Br-]. The van der Waals surface area contributed by atoms with Gasteiger partial charge in [0, 0.05) is 0 Å². The van der Waals surface area contributed by atoms with E-state index < -0.39 is 7.26 Å². The van der Waals surface area contributed by atoms with Crippen molar-refractivity contribution in [2.24, 2.45) is 0 Å². The fourth-order valence-electron chi connectivity index (χ4n) is 4.17. The molecule has 0 aliphatic carbocycles. The molecule has 0 saturated carbocycles. The van der Waals surface area contributed by atoms with Crippen LogP contribution in [0.15, 0.2) is 127 Å². The van der Waals surface area contributed by atoms with Gasteiger partial charge in [-0.05, 0) is 55.0 Å². The molecule has 2 nitrogen and oxygen atoms in total. The molecular weight excluding hydrogens is 504 g/mol. The van der Waals surface area contributed by atoms with Crippen molar-refractivity contribution < 1.29 is 26.5 Å². The van der Waals surface area contributed by atoms with Gasteiger partial charge in [0.1, 0.15) is 29.3 Å². The van der Waals surface area contributed by atoms with Crippen LogP contribution in [-0.4, -0.2) is 18.7 Å². The van der Waals surface area contributed by atoms with Gasteiger partial charge in [-0.15, -0.1) is 0 Å². The lowest BCUT2D eigenvalue weighted by Gasteiger charge is -2.28. The quantitative estimate of drug-likeness (QED) is 0.151. The van der Waals surface area contributed by atoms with Gasteiger partial charge in [0.25, 0.3) is 0 Å². The van der Waals surface area contributed by atoms with Gasteiger partial charge in [0.05, 0.1) is 12.2 Å². The fraction of sp³-hybridized carbons (Fsp3) is 0.100. The largest absolute Gasteiger partial charge is 1.00 e. The first-order valence-electron chi connectivity index (χ1n) is 11.2. The molecule has 0 atom stereocenters. The average molecular weight is 532 g/mol. The summed E-state index contributed by atoms with van der Waals surface area (Å²) in [6.07, 6.45) is 2.57. The fourth-order valence-corrected chi connectivity index (χ4v) is 8.38. The molecule has 172 valence electrons. The second-order valence-corrected chi connectivity index (χ2v) is 11.3. The summed E-state index contributed by atoms with van der Waals surface area (Å²) in [4.78, 5) is 13.2. The smallest absolute Gasteiger partial charge is 0.337 e. The van der Waals surface area contributed by atoms with Crippen molar-refractivity contribution in [3.63, 3.8) is 0 Å². The molecule has 4 aromatic carbocycles. The summed E-state index contributed by atoms with van der Waals surface area (Å²) in [6.45, 7) is 2.20. The maximum Gasteiger partial charge on any atom is 0.337 e. The van der Waals surface area contributed by atoms with E-state index in [1.165, 1.54) is 15.9 Å². The van der Waals surface area contributed by atoms with Crippen LogP contribution in [0, 0.1) is 0 Å². The number of hydrogen-bond donors (Lipinski definition) is 0. The van der Waals surface area contributed by atoms with Gasteiger partial charge < -0.3 is 21.7 Å². The molecule has 0 spiro atoms. The number of halogens is 1. The molecular formula is C30H28BrO2P. The van der Waals surface area contributed by atoms with Crippen molar-refractivity contribution in [1.29, 1.82) is 0 Å². The first-order chi connectivity index (χ1) is 16.2. The second kappa shape index (κ2) is 12.5. The van der Waals surface area contributed by atoms with E-state index in [1.807, 2.05) is 61.5 Å². The van der Waals surface area contributed by atoms with Crippen LogP contribution in [0.3, 0.4) is 0 Å². The van der Waals surface area contributed by atoms with Crippen molar-refractivity contribution in [1.82, 2.24) is 0 Å². The molecule has 0 amide bonds. The Bertz CT molecular complexity index is 1100. The normalized spacial score (nSPS) is 11.4. The van der Waals surface area contributed by atoms with E-state index in [9.17, 15) is 4.79 Å². The maximum absolute atomic E-state index is 13.2. The third-order valence-electron chi connectivity index (χ3n) is 5.68. The summed E-state index contributed by atoms with van der Waals surface area (Å²) in [7, 11) is -2.19. The Morgan fingerprint density at radius 1 is 0.676 bits per heavy atom. The van der Waals surface area contributed by atoms with Gasteiger partial charge in [-0.3, -0.25) is 0 Å². The molecule has 0 radical (unpaired) electrons. The van der Waals surface area contributed by atoms with E-state index in [1.54, 1.807) is 0 Å². The predicted octanol–water partition coefficient (Wildman–Crippen LogP) is 2.63. The lowest BCUT2D eigenvalue weighted by Crippen LogP contribution is -3.00. The third kappa shape index (κ3) is 5.73. The molecule has 0 N–H and O–H groups in total. The first kappa shape index (κ1) is 25.6. The Kier molecular flexibility index (Phi) is 9.39. The van der Waals surface area contributed by atoms with Gasteiger partial charge in [0.2, 0.25) is 0 Å². The monoisotopic (exact) mass is 531 g/mol. The molecule has 0 bridgehead atoms. The molecule has 4 heteroatoms. The second-order valence-electron chi connectivity index (χ2n) is 7.78. The average Bonchev–Trinajstić information content (AvgIpc) is 2.89. The molecule has 4 aromatic rings. The van der Waals surface area contributed by atoms with Crippen LogP contribution in [-0.2, 0) is 9.53 Å². The zero-order valence-electron chi connectivity index (χ0n) is 19.2. The van der Waals surface area contributed by atoms with E-state index in [4.69, 9.17) is 4.74 Å². The van der Waals surface area contributed by atoms with Gasteiger partial charge >= 0.3 is 5.97 Å². The minimum absolute atomic E-state index is 0. The van der Waals surface area contributed by atoms with Crippen molar-refractivity contribution in [2.75, 3.05) is 12.8 Å². The molecule has 34 heavy (non-hydrogen) atoms. The highest BCUT2D eigenvalue weighted by Crippen LogP contribution is 2.56. The van der Waals surface area contributed by atoms with E-state index in [2.05, 4.69) is 72.8 Å². The maximum atomic E-state index is 13.2. The van der Waals surface area contributed by atoms with E-state index in [0.29, 0.717) is 18.3 Å². The molecule has 0 aromatic heterocycles. The summed E-state index contributed by atoms with van der Waals surface area (Å²) in [5.41, 5.74) is 1.68. The Hall–Kier alpha value is -3.00. The number of rotatable bonds is 8. The number of ether oxygens (including phenoxy) is 1. The van der Waals surface area contributed by atoms with Crippen LogP contribution in [0.25, 0.3) is 6.08 Å². The van der Waals surface area contributed by atoms with Gasteiger partial charge in [-0.1, -0.05) is 84.9 Å². The van der Waals surface area contributed by atoms with E-state index >= 15 is 0 Å². The minimum atomic E-state index is -2.19. The Morgan fingerprint density at radius 3 is 1.44 bits per heavy atom. The van der Waals surface area contributed by atoms with E-state index in [0.717, 1.165) is 5.56 Å². The summed E-state index contributed by atoms with van der Waals surface area (Å²) >= 11 is 0. The molecule has 0 heterocycles. The zero-order valence-corrected chi connectivity index (χ0v) is 21.7. The lowest BCUT2D eigenvalue weighted by molar-refractivity contribution is -0.138. The lowest BCUT2D eigenvalue weighted by atomic mass is 10.2. The topological polar surface area (TPSA) is 26.3 Å². The number of benzene rings is 4. The van der Waals surface area contributed by atoms with Crippen LogP contribution in [0.2, 0.25) is 0 Å². The van der Waals surface area contributed by atoms with Crippen LogP contribution < -0.4 is 32.9 Å². The predicted molar refractivity (Wildman–Crippen MR) is 141 cm³/mol. The van der Waals surface area contributed by atoms with E-state index in [-0.39, 0.29) is 23.0 Å². The number of hydrogen-bond acceptors (Lipinski definition) is 2. The van der Waals surface area contributed by atoms with Crippen LogP contribution in [0.5, 0.6) is 0 Å². The van der Waals surface area contributed by atoms with Crippen LogP contribution >= 0.6 is 7.26 Å². The standard InChI is InChI=1S/C30H28O2P.BrH/c1-2-32-30(31)26(23-25-15-7-3-8-16-25)24-33(27-17-9-4-10-18-27,28-19-11-5-12-20-28)29-21-13-6-14-22-29;/h3-23H,2,24H2,1H3;1H/q+1;/p-1/b26-23+;/i23+1;. The Morgan fingerprint density at radius 2 is 1.06 bits per heavy atom. The van der Waals surface area contributed by atoms with Crippen molar-refractivity contribution in [2.45, 2.75) is 6.92 Å². The molecule has 0 aliphatic rings. The highest BCUT2D eigenvalue weighted by molar-refractivity contribution is 7.95. The summed E-state index contributed by atoms with van der Waals surface area (Å²) in [5, 5.41) is 3.72.